The summed E-state index contributed by atoms with van der Waals surface area (Å²) in [6.45, 7) is 4.46. The third kappa shape index (κ3) is 4.88. The van der Waals surface area contributed by atoms with Crippen LogP contribution < -0.4 is 10.0 Å². The summed E-state index contributed by atoms with van der Waals surface area (Å²) in [6.07, 6.45) is 4.31. The second-order valence-electron chi connectivity index (χ2n) is 4.49. The maximum atomic E-state index is 12.1. The average molecular weight is 329 g/mol. The van der Waals surface area contributed by atoms with Crippen LogP contribution in [0, 0.1) is 0 Å². The van der Waals surface area contributed by atoms with Gasteiger partial charge in [0.25, 0.3) is 0 Å². The predicted molar refractivity (Wildman–Crippen MR) is 81.5 cm³/mol. The molecule has 116 valence electrons. The van der Waals surface area contributed by atoms with Crippen molar-refractivity contribution >= 4 is 21.4 Å². The number of nitrogens with one attached hydrogen (secondary N) is 2. The number of hydrogen-bond acceptors (Lipinski definition) is 6. The maximum absolute atomic E-state index is 12.1. The Morgan fingerprint density at radius 3 is 2.95 bits per heavy atom. The van der Waals surface area contributed by atoms with Crippen molar-refractivity contribution in [2.24, 2.45) is 0 Å². The molecular weight excluding hydrogens is 310 g/mol. The molecule has 0 amide bonds. The Morgan fingerprint density at radius 2 is 2.24 bits per heavy atom. The van der Waals surface area contributed by atoms with Crippen molar-refractivity contribution in [3.63, 3.8) is 0 Å². The molecule has 0 saturated carbocycles. The summed E-state index contributed by atoms with van der Waals surface area (Å²) in [5, 5.41) is 12.4. The fourth-order valence-electron chi connectivity index (χ4n) is 1.71. The topological polar surface area (TPSA) is 88.9 Å². The zero-order chi connectivity index (χ0) is 15.1. The number of sulfonamides is 1. The first kappa shape index (κ1) is 16.1. The van der Waals surface area contributed by atoms with Crippen molar-refractivity contribution in [3.8, 4) is 0 Å². The molecule has 0 fully saturated rings. The Labute approximate surface area is 128 Å². The highest BCUT2D eigenvalue weighted by molar-refractivity contribution is 7.89. The first-order valence-electron chi connectivity index (χ1n) is 6.73. The molecule has 7 nitrogen and oxygen atoms in total. The van der Waals surface area contributed by atoms with Crippen LogP contribution in [0.3, 0.4) is 0 Å². The fourth-order valence-corrected chi connectivity index (χ4v) is 3.98. The van der Waals surface area contributed by atoms with Crippen LogP contribution in [0.5, 0.6) is 0 Å². The van der Waals surface area contributed by atoms with Crippen LogP contribution in [0.2, 0.25) is 0 Å². The smallest absolute Gasteiger partial charge is 0.241 e. The molecular formula is C12H19N5O2S2. The minimum Gasteiger partial charge on any atom is -0.312 e. The lowest BCUT2D eigenvalue weighted by Crippen LogP contribution is -2.27. The van der Waals surface area contributed by atoms with E-state index in [1.807, 2.05) is 0 Å². The molecule has 2 heterocycles. The van der Waals surface area contributed by atoms with Crippen LogP contribution in [0.1, 0.15) is 18.2 Å². The Morgan fingerprint density at radius 1 is 1.38 bits per heavy atom. The standard InChI is InChI=1S/C12H19N5O2S2/c1-2-3-13-9-11-8-12(10-20-11)21(18,19)15-5-7-17-6-4-14-16-17/h4,6,8,10,13,15H,2-3,5,7,9H2,1H3. The number of rotatable bonds is 9. The molecule has 0 radical (unpaired) electrons. The van der Waals surface area contributed by atoms with Gasteiger partial charge in [-0.2, -0.15) is 0 Å². The molecule has 0 unspecified atom stereocenters. The Hall–Kier alpha value is -1.29. The third-order valence-corrected chi connectivity index (χ3v) is 5.30. The molecule has 2 aromatic rings. The summed E-state index contributed by atoms with van der Waals surface area (Å²) in [4.78, 5) is 1.33. The van der Waals surface area contributed by atoms with E-state index in [1.165, 1.54) is 11.3 Å². The lowest BCUT2D eigenvalue weighted by atomic mass is 10.4. The van der Waals surface area contributed by atoms with Crippen LogP contribution in [-0.2, 0) is 23.1 Å². The van der Waals surface area contributed by atoms with Crippen molar-refractivity contribution in [2.45, 2.75) is 31.3 Å². The minimum atomic E-state index is -3.45. The maximum Gasteiger partial charge on any atom is 0.241 e. The predicted octanol–water partition coefficient (Wildman–Crippen LogP) is 0.818. The van der Waals surface area contributed by atoms with E-state index in [2.05, 4.69) is 27.3 Å². The number of nitrogens with zero attached hydrogens (tertiary/aromatic N) is 3. The van der Waals surface area contributed by atoms with Gasteiger partial charge in [-0.25, -0.2) is 13.1 Å². The van der Waals surface area contributed by atoms with E-state index in [1.54, 1.807) is 28.5 Å². The van der Waals surface area contributed by atoms with E-state index < -0.39 is 10.0 Å². The highest BCUT2D eigenvalue weighted by Gasteiger charge is 2.15. The summed E-state index contributed by atoms with van der Waals surface area (Å²) in [6, 6.07) is 1.71. The minimum absolute atomic E-state index is 0.283. The highest BCUT2D eigenvalue weighted by atomic mass is 32.2. The molecule has 0 aliphatic carbocycles. The molecule has 0 atom stereocenters. The van der Waals surface area contributed by atoms with Gasteiger partial charge in [-0.1, -0.05) is 12.1 Å². The second-order valence-corrected chi connectivity index (χ2v) is 7.25. The molecule has 0 spiro atoms. The summed E-state index contributed by atoms with van der Waals surface area (Å²) in [7, 11) is -3.45. The van der Waals surface area contributed by atoms with Crippen LogP contribution >= 0.6 is 11.3 Å². The highest BCUT2D eigenvalue weighted by Crippen LogP contribution is 2.18. The van der Waals surface area contributed by atoms with E-state index >= 15 is 0 Å². The van der Waals surface area contributed by atoms with Gasteiger partial charge in [-0.15, -0.1) is 16.4 Å². The molecule has 0 aliphatic heterocycles. The molecule has 2 N–H and O–H groups in total. The van der Waals surface area contributed by atoms with Gasteiger partial charge in [0.15, 0.2) is 0 Å². The summed E-state index contributed by atoms with van der Waals surface area (Å²) in [5.74, 6) is 0. The first-order valence-corrected chi connectivity index (χ1v) is 9.10. The van der Waals surface area contributed by atoms with Gasteiger partial charge in [0.2, 0.25) is 10.0 Å². The molecule has 9 heteroatoms. The Kier molecular flexibility index (Phi) is 5.85. The molecule has 2 aromatic heterocycles. The van der Waals surface area contributed by atoms with E-state index in [-0.39, 0.29) is 6.54 Å². The van der Waals surface area contributed by atoms with Gasteiger partial charge in [0.05, 0.1) is 17.6 Å². The van der Waals surface area contributed by atoms with Crippen molar-refractivity contribution in [1.82, 2.24) is 25.0 Å². The van der Waals surface area contributed by atoms with Gasteiger partial charge in [0, 0.05) is 29.5 Å². The van der Waals surface area contributed by atoms with E-state index in [9.17, 15) is 8.42 Å². The number of aromatic nitrogens is 3. The molecule has 0 bridgehead atoms. The third-order valence-electron chi connectivity index (χ3n) is 2.77. The first-order chi connectivity index (χ1) is 10.1. The Bertz CT molecular complexity index is 636. The van der Waals surface area contributed by atoms with Crippen molar-refractivity contribution in [3.05, 3.63) is 28.7 Å². The summed E-state index contributed by atoms with van der Waals surface area (Å²) < 4.78 is 28.4. The van der Waals surface area contributed by atoms with Crippen molar-refractivity contribution < 1.29 is 8.42 Å². The monoisotopic (exact) mass is 329 g/mol. The van der Waals surface area contributed by atoms with Gasteiger partial charge in [0.1, 0.15) is 0 Å². The molecule has 2 rings (SSSR count). The lowest BCUT2D eigenvalue weighted by molar-refractivity contribution is 0.553. The van der Waals surface area contributed by atoms with Gasteiger partial charge in [-0.05, 0) is 19.0 Å². The van der Waals surface area contributed by atoms with Crippen molar-refractivity contribution in [1.29, 1.82) is 0 Å². The number of hydrogen-bond donors (Lipinski definition) is 2. The average Bonchev–Trinajstić information content (AvgIpc) is 3.10. The van der Waals surface area contributed by atoms with Gasteiger partial charge < -0.3 is 5.32 Å². The van der Waals surface area contributed by atoms with Crippen LogP contribution in [0.4, 0.5) is 0 Å². The molecule has 0 saturated heterocycles. The molecule has 21 heavy (non-hydrogen) atoms. The Balaban J connectivity index is 1.86. The van der Waals surface area contributed by atoms with E-state index in [0.717, 1.165) is 17.8 Å². The SMILES string of the molecule is CCCNCc1cc(S(=O)(=O)NCCn2ccnn2)cs1. The molecule has 0 aromatic carbocycles. The molecule has 0 aliphatic rings. The summed E-state index contributed by atoms with van der Waals surface area (Å²) in [5.41, 5.74) is 0. The van der Waals surface area contributed by atoms with Crippen molar-refractivity contribution in [2.75, 3.05) is 13.1 Å². The van der Waals surface area contributed by atoms with Gasteiger partial charge >= 0.3 is 0 Å². The lowest BCUT2D eigenvalue weighted by Gasteiger charge is -2.04. The van der Waals surface area contributed by atoms with Crippen LogP contribution in [0.25, 0.3) is 0 Å². The van der Waals surface area contributed by atoms with E-state index in [0.29, 0.717) is 18.0 Å². The van der Waals surface area contributed by atoms with Gasteiger partial charge in [-0.3, -0.25) is 4.68 Å². The fraction of sp³-hybridized carbons (Fsp3) is 0.500. The zero-order valence-electron chi connectivity index (χ0n) is 11.8. The van der Waals surface area contributed by atoms with Crippen LogP contribution in [-0.4, -0.2) is 36.5 Å². The largest absolute Gasteiger partial charge is 0.312 e. The van der Waals surface area contributed by atoms with E-state index in [4.69, 9.17) is 0 Å². The quantitative estimate of drug-likeness (QED) is 0.665. The van der Waals surface area contributed by atoms with Crippen LogP contribution in [0.15, 0.2) is 28.7 Å². The zero-order valence-corrected chi connectivity index (χ0v) is 13.5. The normalized spacial score (nSPS) is 11.9. The summed E-state index contributed by atoms with van der Waals surface area (Å²) >= 11 is 1.45. The number of thiophene rings is 1. The second kappa shape index (κ2) is 7.64.